The molecule has 0 bridgehead atoms. The van der Waals surface area contributed by atoms with Gasteiger partial charge >= 0.3 is 0 Å². The van der Waals surface area contributed by atoms with Crippen LogP contribution in [0.1, 0.15) is 47.9 Å². The number of benzene rings is 1. The van der Waals surface area contributed by atoms with Gasteiger partial charge in [-0.3, -0.25) is 0 Å². The normalized spacial score (nSPS) is 20.4. The van der Waals surface area contributed by atoms with Crippen molar-refractivity contribution in [2.75, 3.05) is 0 Å². The molecule has 0 radical (unpaired) electrons. The second-order valence-corrected chi connectivity index (χ2v) is 5.75. The predicted molar refractivity (Wildman–Crippen MR) is 83.3 cm³/mol. The number of hydrogen-bond donors (Lipinski definition) is 0. The van der Waals surface area contributed by atoms with Crippen LogP contribution in [0.25, 0.3) is 6.08 Å². The zero-order valence-corrected chi connectivity index (χ0v) is 11.9. The summed E-state index contributed by atoms with van der Waals surface area (Å²) in [7, 11) is 0. The molecule has 19 heavy (non-hydrogen) atoms. The molecule has 0 fully saturated rings. The maximum Gasteiger partial charge on any atom is 0.00386 e. The average Bonchev–Trinajstić information content (AvgIpc) is 3.04. The Morgan fingerprint density at radius 2 is 1.84 bits per heavy atom. The molecular weight excluding hydrogens is 228 g/mol. The molecule has 0 saturated heterocycles. The standard InChI is InChI=1S/C19H22/c1-3-6-16-10-9-14(2)18-12-11-17(19(16)18)13-15-7-4-5-8-15/h4-5,7-12,15,17H,3,6,13H2,1-2H3. The van der Waals surface area contributed by atoms with Gasteiger partial charge in [-0.15, -0.1) is 0 Å². The van der Waals surface area contributed by atoms with Crippen molar-refractivity contribution in [3.05, 3.63) is 64.8 Å². The molecule has 0 nitrogen and oxygen atoms in total. The van der Waals surface area contributed by atoms with E-state index in [2.05, 4.69) is 62.4 Å². The molecule has 3 rings (SSSR count). The maximum atomic E-state index is 2.41. The summed E-state index contributed by atoms with van der Waals surface area (Å²) in [5.74, 6) is 1.23. The first-order valence-electron chi connectivity index (χ1n) is 7.45. The van der Waals surface area contributed by atoms with Crippen LogP contribution >= 0.6 is 0 Å². The lowest BCUT2D eigenvalue weighted by molar-refractivity contribution is 0.654. The Morgan fingerprint density at radius 1 is 1.05 bits per heavy atom. The van der Waals surface area contributed by atoms with Crippen molar-refractivity contribution in [3.8, 4) is 0 Å². The van der Waals surface area contributed by atoms with Crippen LogP contribution in [0.4, 0.5) is 0 Å². The molecule has 0 aromatic heterocycles. The van der Waals surface area contributed by atoms with Crippen LogP contribution < -0.4 is 0 Å². The van der Waals surface area contributed by atoms with Gasteiger partial charge < -0.3 is 0 Å². The van der Waals surface area contributed by atoms with Gasteiger partial charge in [0.1, 0.15) is 0 Å². The lowest BCUT2D eigenvalue weighted by Gasteiger charge is -2.19. The van der Waals surface area contributed by atoms with E-state index in [4.69, 9.17) is 0 Å². The molecule has 0 amide bonds. The molecule has 0 aliphatic heterocycles. The summed E-state index contributed by atoms with van der Waals surface area (Å²) in [4.78, 5) is 0. The summed E-state index contributed by atoms with van der Waals surface area (Å²) in [6, 6.07) is 4.63. The molecule has 0 spiro atoms. The number of hydrogen-bond acceptors (Lipinski definition) is 0. The van der Waals surface area contributed by atoms with E-state index in [9.17, 15) is 0 Å². The quantitative estimate of drug-likeness (QED) is 0.690. The summed E-state index contributed by atoms with van der Waals surface area (Å²) >= 11 is 0. The second-order valence-electron chi connectivity index (χ2n) is 5.75. The topological polar surface area (TPSA) is 0 Å². The number of rotatable bonds is 4. The van der Waals surface area contributed by atoms with E-state index in [1.807, 2.05) is 0 Å². The summed E-state index contributed by atoms with van der Waals surface area (Å²) in [5.41, 5.74) is 6.08. The highest BCUT2D eigenvalue weighted by molar-refractivity contribution is 5.67. The molecule has 1 aromatic rings. The van der Waals surface area contributed by atoms with Crippen LogP contribution in [0.15, 0.2) is 42.5 Å². The monoisotopic (exact) mass is 250 g/mol. The van der Waals surface area contributed by atoms with E-state index in [0.29, 0.717) is 11.8 Å². The van der Waals surface area contributed by atoms with Gasteiger partial charge in [0.15, 0.2) is 0 Å². The van der Waals surface area contributed by atoms with Crippen molar-refractivity contribution >= 4 is 6.08 Å². The molecule has 2 aliphatic rings. The number of aryl methyl sites for hydroxylation is 2. The van der Waals surface area contributed by atoms with Crippen LogP contribution in [0.3, 0.4) is 0 Å². The first-order chi connectivity index (χ1) is 9.29. The van der Waals surface area contributed by atoms with Gasteiger partial charge in [-0.25, -0.2) is 0 Å². The fraction of sp³-hybridized carbons (Fsp3) is 0.368. The molecule has 1 atom stereocenters. The lowest BCUT2D eigenvalue weighted by Crippen LogP contribution is -2.04. The molecule has 0 saturated carbocycles. The van der Waals surface area contributed by atoms with Gasteiger partial charge in [-0.05, 0) is 47.9 Å². The third-order valence-electron chi connectivity index (χ3n) is 4.33. The Kier molecular flexibility index (Phi) is 3.42. The second kappa shape index (κ2) is 5.21. The zero-order valence-electron chi connectivity index (χ0n) is 11.9. The Labute approximate surface area is 116 Å². The van der Waals surface area contributed by atoms with Crippen LogP contribution in [-0.4, -0.2) is 0 Å². The first kappa shape index (κ1) is 12.5. The highest BCUT2D eigenvalue weighted by Gasteiger charge is 2.23. The Balaban J connectivity index is 1.92. The maximum absolute atomic E-state index is 2.41. The summed E-state index contributed by atoms with van der Waals surface area (Å²) in [6.45, 7) is 4.50. The van der Waals surface area contributed by atoms with Crippen molar-refractivity contribution < 1.29 is 0 Å². The van der Waals surface area contributed by atoms with Crippen LogP contribution in [-0.2, 0) is 6.42 Å². The van der Waals surface area contributed by atoms with Crippen molar-refractivity contribution in [3.63, 3.8) is 0 Å². The molecule has 0 heteroatoms. The smallest absolute Gasteiger partial charge is 0.00386 e. The minimum absolute atomic E-state index is 0.605. The van der Waals surface area contributed by atoms with E-state index < -0.39 is 0 Å². The molecule has 98 valence electrons. The van der Waals surface area contributed by atoms with E-state index in [-0.39, 0.29) is 0 Å². The lowest BCUT2D eigenvalue weighted by atomic mass is 9.85. The van der Waals surface area contributed by atoms with Gasteiger partial charge in [0, 0.05) is 5.92 Å². The fourth-order valence-electron chi connectivity index (χ4n) is 3.37. The summed E-state index contributed by atoms with van der Waals surface area (Å²) in [6.07, 6.45) is 17.4. The largest absolute Gasteiger partial charge is 0.0776 e. The third-order valence-corrected chi connectivity index (χ3v) is 4.33. The van der Waals surface area contributed by atoms with Crippen molar-refractivity contribution in [1.82, 2.24) is 0 Å². The van der Waals surface area contributed by atoms with E-state index >= 15 is 0 Å². The zero-order chi connectivity index (χ0) is 13.2. The third kappa shape index (κ3) is 2.32. The van der Waals surface area contributed by atoms with Crippen LogP contribution in [0, 0.1) is 12.8 Å². The van der Waals surface area contributed by atoms with E-state index in [1.54, 1.807) is 11.1 Å². The van der Waals surface area contributed by atoms with Crippen LogP contribution in [0.5, 0.6) is 0 Å². The highest BCUT2D eigenvalue weighted by Crippen LogP contribution is 2.39. The molecule has 2 aliphatic carbocycles. The minimum Gasteiger partial charge on any atom is -0.0776 e. The van der Waals surface area contributed by atoms with E-state index in [1.165, 1.54) is 30.4 Å². The fourth-order valence-corrected chi connectivity index (χ4v) is 3.37. The Morgan fingerprint density at radius 3 is 2.58 bits per heavy atom. The molecule has 1 aromatic carbocycles. The van der Waals surface area contributed by atoms with Gasteiger partial charge in [-0.2, -0.15) is 0 Å². The van der Waals surface area contributed by atoms with Gasteiger partial charge in [-0.1, -0.05) is 61.9 Å². The van der Waals surface area contributed by atoms with Gasteiger partial charge in [0.05, 0.1) is 0 Å². The molecule has 0 heterocycles. The van der Waals surface area contributed by atoms with Crippen molar-refractivity contribution in [2.24, 2.45) is 5.92 Å². The molecular formula is C19H22. The highest BCUT2D eigenvalue weighted by atomic mass is 14.3. The molecule has 1 unspecified atom stereocenters. The van der Waals surface area contributed by atoms with Crippen LogP contribution in [0.2, 0.25) is 0 Å². The Bertz CT molecular complexity index is 546. The summed E-state index contributed by atoms with van der Waals surface area (Å²) < 4.78 is 0. The average molecular weight is 250 g/mol. The van der Waals surface area contributed by atoms with Crippen molar-refractivity contribution in [2.45, 2.75) is 39.0 Å². The van der Waals surface area contributed by atoms with Gasteiger partial charge in [0.2, 0.25) is 0 Å². The first-order valence-corrected chi connectivity index (χ1v) is 7.45. The summed E-state index contributed by atoms with van der Waals surface area (Å²) in [5, 5.41) is 0. The predicted octanol–water partition coefficient (Wildman–Crippen LogP) is 5.19. The van der Waals surface area contributed by atoms with Gasteiger partial charge in [0.25, 0.3) is 0 Å². The SMILES string of the molecule is CCCc1ccc(C)c2c1C(CC1C=CC=C1)C=C2. The molecule has 0 N–H and O–H groups in total. The number of allylic oxidation sites excluding steroid dienone is 5. The van der Waals surface area contributed by atoms with Crippen molar-refractivity contribution in [1.29, 1.82) is 0 Å². The minimum atomic E-state index is 0.605. The van der Waals surface area contributed by atoms with E-state index in [0.717, 1.165) is 0 Å². The Hall–Kier alpha value is -1.56. The number of fused-ring (bicyclic) bond motifs is 1.